The van der Waals surface area contributed by atoms with Crippen LogP contribution in [-0.4, -0.2) is 10.2 Å². The summed E-state index contributed by atoms with van der Waals surface area (Å²) in [4.78, 5) is 0. The monoisotopic (exact) mass is 206 g/mol. The van der Waals surface area contributed by atoms with Crippen molar-refractivity contribution in [3.8, 4) is 0 Å². The van der Waals surface area contributed by atoms with Crippen LogP contribution >= 0.6 is 0 Å². The first-order valence-electron chi connectivity index (χ1n) is 6.20. The van der Waals surface area contributed by atoms with Crippen LogP contribution in [0.2, 0.25) is 0 Å². The van der Waals surface area contributed by atoms with E-state index in [1.165, 1.54) is 44.9 Å². The van der Waals surface area contributed by atoms with E-state index in [-0.39, 0.29) is 0 Å². The molecule has 0 amide bonds. The number of aryl methyl sites for hydroxylation is 1. The Hall–Kier alpha value is -0.920. The molecule has 0 aromatic carbocycles. The minimum atomic E-state index is 1.08. The zero-order valence-electron chi connectivity index (χ0n) is 9.78. The Morgan fingerprint density at radius 1 is 1.00 bits per heavy atom. The molecule has 2 nitrogen and oxygen atoms in total. The van der Waals surface area contributed by atoms with Gasteiger partial charge >= 0.3 is 0 Å². The minimum absolute atomic E-state index is 1.08. The molecule has 0 aliphatic heterocycles. The van der Waals surface area contributed by atoms with Crippen LogP contribution in [0.1, 0.15) is 57.6 Å². The predicted molar refractivity (Wildman–Crippen MR) is 63.7 cm³/mol. The van der Waals surface area contributed by atoms with Gasteiger partial charge in [-0.2, -0.15) is 10.2 Å². The molecule has 84 valence electrons. The molecule has 0 fully saturated rings. The molecule has 0 saturated heterocycles. The van der Waals surface area contributed by atoms with Gasteiger partial charge in [-0.05, 0) is 25.0 Å². The first-order valence-corrected chi connectivity index (χ1v) is 6.20. The highest BCUT2D eigenvalue weighted by atomic mass is 15.1. The lowest BCUT2D eigenvalue weighted by Crippen LogP contribution is -1.91. The van der Waals surface area contributed by atoms with Crippen LogP contribution in [0.15, 0.2) is 18.3 Å². The molecule has 0 spiro atoms. The quantitative estimate of drug-likeness (QED) is 0.605. The highest BCUT2D eigenvalue weighted by molar-refractivity contribution is 4.98. The molecule has 0 saturated carbocycles. The molecule has 0 radical (unpaired) electrons. The number of hydrogen-bond donors (Lipinski definition) is 0. The molecular weight excluding hydrogens is 184 g/mol. The fraction of sp³-hybridized carbons (Fsp3) is 0.692. The van der Waals surface area contributed by atoms with E-state index in [1.54, 1.807) is 6.20 Å². The van der Waals surface area contributed by atoms with Gasteiger partial charge < -0.3 is 0 Å². The minimum Gasteiger partial charge on any atom is -0.159 e. The number of unbranched alkanes of at least 4 members (excludes halogenated alkanes) is 6. The SMILES string of the molecule is CCCCCCCCCc1cccnn1. The Kier molecular flexibility index (Phi) is 6.80. The van der Waals surface area contributed by atoms with Crippen LogP contribution in [-0.2, 0) is 6.42 Å². The standard InChI is InChI=1S/C13H22N2/c1-2-3-4-5-6-7-8-10-13-11-9-12-14-15-13/h9,11-12H,2-8,10H2,1H3. The maximum Gasteiger partial charge on any atom is 0.0631 e. The number of hydrogen-bond acceptors (Lipinski definition) is 2. The van der Waals surface area contributed by atoms with Gasteiger partial charge in [-0.25, -0.2) is 0 Å². The van der Waals surface area contributed by atoms with E-state index in [1.807, 2.05) is 6.07 Å². The van der Waals surface area contributed by atoms with Crippen molar-refractivity contribution in [2.75, 3.05) is 0 Å². The molecule has 15 heavy (non-hydrogen) atoms. The van der Waals surface area contributed by atoms with Gasteiger partial charge in [0.05, 0.1) is 5.69 Å². The lowest BCUT2D eigenvalue weighted by Gasteiger charge is -2.00. The zero-order chi connectivity index (χ0) is 10.8. The summed E-state index contributed by atoms with van der Waals surface area (Å²) in [5, 5.41) is 7.95. The van der Waals surface area contributed by atoms with Gasteiger partial charge in [0.25, 0.3) is 0 Å². The Bertz CT molecular complexity index is 234. The molecule has 0 aliphatic carbocycles. The molecule has 0 aliphatic rings. The van der Waals surface area contributed by atoms with Gasteiger partial charge in [-0.1, -0.05) is 45.4 Å². The van der Waals surface area contributed by atoms with E-state index >= 15 is 0 Å². The normalized spacial score (nSPS) is 10.5. The van der Waals surface area contributed by atoms with E-state index in [4.69, 9.17) is 0 Å². The van der Waals surface area contributed by atoms with Crippen LogP contribution < -0.4 is 0 Å². The van der Waals surface area contributed by atoms with Gasteiger partial charge in [0.2, 0.25) is 0 Å². The fourth-order valence-corrected chi connectivity index (χ4v) is 1.73. The summed E-state index contributed by atoms with van der Waals surface area (Å²) >= 11 is 0. The van der Waals surface area contributed by atoms with Gasteiger partial charge in [0, 0.05) is 6.20 Å². The summed E-state index contributed by atoms with van der Waals surface area (Å²) in [6, 6.07) is 4.02. The van der Waals surface area contributed by atoms with E-state index in [0.29, 0.717) is 0 Å². The third kappa shape index (κ3) is 6.21. The number of aromatic nitrogens is 2. The third-order valence-electron chi connectivity index (χ3n) is 2.66. The van der Waals surface area contributed by atoms with Crippen LogP contribution in [0.4, 0.5) is 0 Å². The predicted octanol–water partition coefficient (Wildman–Crippen LogP) is 3.77. The van der Waals surface area contributed by atoms with Crippen molar-refractivity contribution in [2.24, 2.45) is 0 Å². The Balaban J connectivity index is 1.93. The molecule has 2 heteroatoms. The summed E-state index contributed by atoms with van der Waals surface area (Å²) < 4.78 is 0. The van der Waals surface area contributed by atoms with Crippen LogP contribution in [0.3, 0.4) is 0 Å². The molecule has 1 aromatic rings. The maximum atomic E-state index is 4.08. The van der Waals surface area contributed by atoms with Gasteiger partial charge in [-0.3, -0.25) is 0 Å². The second-order valence-electron chi connectivity index (χ2n) is 4.09. The summed E-state index contributed by atoms with van der Waals surface area (Å²) in [5.41, 5.74) is 1.13. The summed E-state index contributed by atoms with van der Waals surface area (Å²) in [7, 11) is 0. The number of rotatable bonds is 8. The lowest BCUT2D eigenvalue weighted by atomic mass is 10.1. The van der Waals surface area contributed by atoms with Gasteiger partial charge in [0.1, 0.15) is 0 Å². The van der Waals surface area contributed by atoms with Crippen molar-refractivity contribution in [2.45, 2.75) is 58.3 Å². The summed E-state index contributed by atoms with van der Waals surface area (Å²) in [6.07, 6.45) is 12.3. The topological polar surface area (TPSA) is 25.8 Å². The first-order chi connectivity index (χ1) is 7.43. The molecule has 1 heterocycles. The van der Waals surface area contributed by atoms with E-state index < -0.39 is 0 Å². The molecular formula is C13H22N2. The molecule has 0 N–H and O–H groups in total. The van der Waals surface area contributed by atoms with E-state index in [0.717, 1.165) is 12.1 Å². The van der Waals surface area contributed by atoms with Crippen molar-refractivity contribution in [3.63, 3.8) is 0 Å². The number of nitrogens with zero attached hydrogens (tertiary/aromatic N) is 2. The molecule has 1 aromatic heterocycles. The highest BCUT2D eigenvalue weighted by Crippen LogP contribution is 2.08. The third-order valence-corrected chi connectivity index (χ3v) is 2.66. The molecule has 0 unspecified atom stereocenters. The van der Waals surface area contributed by atoms with Crippen molar-refractivity contribution >= 4 is 0 Å². The fourth-order valence-electron chi connectivity index (χ4n) is 1.73. The van der Waals surface area contributed by atoms with Gasteiger partial charge in [-0.15, -0.1) is 0 Å². The van der Waals surface area contributed by atoms with Crippen LogP contribution in [0, 0.1) is 0 Å². The molecule has 0 bridgehead atoms. The zero-order valence-corrected chi connectivity index (χ0v) is 9.78. The van der Waals surface area contributed by atoms with Gasteiger partial charge in [0.15, 0.2) is 0 Å². The van der Waals surface area contributed by atoms with Crippen LogP contribution in [0.25, 0.3) is 0 Å². The smallest absolute Gasteiger partial charge is 0.0631 e. The largest absolute Gasteiger partial charge is 0.159 e. The van der Waals surface area contributed by atoms with Crippen molar-refractivity contribution < 1.29 is 0 Å². The Labute approximate surface area is 93.1 Å². The average Bonchev–Trinajstić information content (AvgIpc) is 2.29. The second-order valence-corrected chi connectivity index (χ2v) is 4.09. The maximum absolute atomic E-state index is 4.08. The van der Waals surface area contributed by atoms with Crippen molar-refractivity contribution in [1.29, 1.82) is 0 Å². The molecule has 0 atom stereocenters. The lowest BCUT2D eigenvalue weighted by molar-refractivity contribution is 0.586. The molecule has 1 rings (SSSR count). The van der Waals surface area contributed by atoms with E-state index in [2.05, 4.69) is 23.2 Å². The Morgan fingerprint density at radius 2 is 1.73 bits per heavy atom. The van der Waals surface area contributed by atoms with Crippen molar-refractivity contribution in [1.82, 2.24) is 10.2 Å². The van der Waals surface area contributed by atoms with E-state index in [9.17, 15) is 0 Å². The second kappa shape index (κ2) is 8.39. The highest BCUT2D eigenvalue weighted by Gasteiger charge is 1.94. The average molecular weight is 206 g/mol. The summed E-state index contributed by atoms with van der Waals surface area (Å²) in [6.45, 7) is 2.26. The summed E-state index contributed by atoms with van der Waals surface area (Å²) in [5.74, 6) is 0. The first kappa shape index (κ1) is 12.2. The Morgan fingerprint density at radius 3 is 2.40 bits per heavy atom. The van der Waals surface area contributed by atoms with Crippen LogP contribution in [0.5, 0.6) is 0 Å². The van der Waals surface area contributed by atoms with Crippen molar-refractivity contribution in [3.05, 3.63) is 24.0 Å².